The van der Waals surface area contributed by atoms with Crippen molar-refractivity contribution >= 4 is 38.9 Å². The maximum atomic E-state index is 13.8. The molecule has 0 amide bonds. The van der Waals surface area contributed by atoms with E-state index in [0.717, 1.165) is 16.8 Å². The summed E-state index contributed by atoms with van der Waals surface area (Å²) in [6.07, 6.45) is 0. The summed E-state index contributed by atoms with van der Waals surface area (Å²) in [7, 11) is 1.60. The highest BCUT2D eigenvalue weighted by Gasteiger charge is 2.39. The van der Waals surface area contributed by atoms with Gasteiger partial charge in [-0.05, 0) is 30.3 Å². The van der Waals surface area contributed by atoms with Gasteiger partial charge in [-0.3, -0.25) is 14.8 Å². The van der Waals surface area contributed by atoms with E-state index in [1.165, 1.54) is 12.1 Å². The van der Waals surface area contributed by atoms with Crippen molar-refractivity contribution in [3.63, 3.8) is 0 Å². The second kappa shape index (κ2) is 7.23. The number of ketones is 1. The molecule has 27 heavy (non-hydrogen) atoms. The summed E-state index contributed by atoms with van der Waals surface area (Å²) in [4.78, 5) is 23.8. The van der Waals surface area contributed by atoms with Crippen LogP contribution in [0.25, 0.3) is 0 Å². The highest BCUT2D eigenvalue weighted by molar-refractivity contribution is 9.09. The largest absolute Gasteiger partial charge is 0.496 e. The Bertz CT molecular complexity index is 973. The van der Waals surface area contributed by atoms with Gasteiger partial charge in [-0.25, -0.2) is 4.39 Å². The van der Waals surface area contributed by atoms with Gasteiger partial charge in [0.15, 0.2) is 11.6 Å². The number of para-hydroxylation sites is 1. The molecule has 2 heterocycles. The topological polar surface area (TPSA) is 54.3 Å². The van der Waals surface area contributed by atoms with E-state index in [9.17, 15) is 9.18 Å². The van der Waals surface area contributed by atoms with Crippen LogP contribution in [0.15, 0.2) is 52.4 Å². The number of hydrogen-bond acceptors (Lipinski definition) is 5. The van der Waals surface area contributed by atoms with Crippen LogP contribution in [0.4, 0.5) is 10.1 Å². The van der Waals surface area contributed by atoms with Gasteiger partial charge in [-0.15, -0.1) is 0 Å². The minimum Gasteiger partial charge on any atom is -0.496 e. The highest BCUT2D eigenvalue weighted by Crippen LogP contribution is 2.33. The Balaban J connectivity index is 1.89. The molecule has 4 rings (SSSR count). The molecule has 1 atom stereocenters. The van der Waals surface area contributed by atoms with Crippen LogP contribution in [0, 0.1) is 5.82 Å². The van der Waals surface area contributed by atoms with E-state index in [1.807, 2.05) is 29.2 Å². The number of halogens is 2. The van der Waals surface area contributed by atoms with Crippen LogP contribution >= 0.6 is 15.9 Å². The van der Waals surface area contributed by atoms with E-state index >= 15 is 0 Å². The number of nitrogens with zero attached hydrogens (tertiary/aromatic N) is 3. The molecular weight excluding hydrogens is 413 g/mol. The summed E-state index contributed by atoms with van der Waals surface area (Å²) in [6.45, 7) is 0.635. The molecule has 2 aliphatic heterocycles. The summed E-state index contributed by atoms with van der Waals surface area (Å²) in [5.74, 6) is 0.978. The summed E-state index contributed by atoms with van der Waals surface area (Å²) in [5, 5.41) is 0.231. The molecule has 0 saturated heterocycles. The summed E-state index contributed by atoms with van der Waals surface area (Å²) < 4.78 is 19.3. The monoisotopic (exact) mass is 429 g/mol. The normalized spacial score (nSPS) is 18.2. The van der Waals surface area contributed by atoms with Crippen molar-refractivity contribution in [2.45, 2.75) is 12.6 Å². The van der Waals surface area contributed by atoms with E-state index in [4.69, 9.17) is 9.73 Å². The van der Waals surface area contributed by atoms with Crippen LogP contribution in [0.3, 0.4) is 0 Å². The third-order valence-electron chi connectivity index (χ3n) is 4.74. The molecule has 2 aromatic carbocycles. The van der Waals surface area contributed by atoms with Crippen LogP contribution in [-0.2, 0) is 11.3 Å². The summed E-state index contributed by atoms with van der Waals surface area (Å²) in [6, 6.07) is 11.7. The quantitative estimate of drug-likeness (QED) is 0.699. The molecule has 0 spiro atoms. The van der Waals surface area contributed by atoms with Crippen molar-refractivity contribution in [2.24, 2.45) is 9.98 Å². The molecule has 0 aromatic heterocycles. The fourth-order valence-corrected chi connectivity index (χ4v) is 3.85. The number of carbonyl (C=O) groups is 1. The number of anilines is 1. The van der Waals surface area contributed by atoms with Gasteiger partial charge in [0.25, 0.3) is 0 Å². The Morgan fingerprint density at radius 2 is 2.11 bits per heavy atom. The van der Waals surface area contributed by atoms with Gasteiger partial charge in [0.05, 0.1) is 25.5 Å². The Kier molecular flexibility index (Phi) is 4.78. The van der Waals surface area contributed by atoms with Gasteiger partial charge in [0, 0.05) is 16.8 Å². The molecule has 0 aliphatic carbocycles. The lowest BCUT2D eigenvalue weighted by Gasteiger charge is -2.27. The molecule has 5 nitrogen and oxygen atoms in total. The van der Waals surface area contributed by atoms with Crippen molar-refractivity contribution in [3.8, 4) is 5.75 Å². The second-order valence-electron chi connectivity index (χ2n) is 6.29. The first-order valence-electron chi connectivity index (χ1n) is 8.53. The molecule has 2 aromatic rings. The van der Waals surface area contributed by atoms with E-state index < -0.39 is 6.04 Å². The molecule has 7 heteroatoms. The fourth-order valence-electron chi connectivity index (χ4n) is 3.48. The number of carbonyl (C=O) groups excluding carboxylic acids is 1. The molecule has 1 unspecified atom stereocenters. The number of benzene rings is 2. The SMILES string of the molecule is COc1ccccc1C1=NCc2cc(F)ccc2N2C1=NCC2C(=O)CBr. The lowest BCUT2D eigenvalue weighted by atomic mass is 10.1. The van der Waals surface area contributed by atoms with Crippen LogP contribution in [0.1, 0.15) is 11.1 Å². The predicted molar refractivity (Wildman–Crippen MR) is 107 cm³/mol. The number of amidine groups is 1. The van der Waals surface area contributed by atoms with Gasteiger partial charge in [-0.2, -0.15) is 0 Å². The number of hydrogen-bond donors (Lipinski definition) is 0. The fraction of sp³-hybridized carbons (Fsp3) is 0.250. The summed E-state index contributed by atoms with van der Waals surface area (Å²) in [5.41, 5.74) is 2.93. The number of fused-ring (bicyclic) bond motifs is 3. The first kappa shape index (κ1) is 17.9. The third kappa shape index (κ3) is 3.06. The Hall–Kier alpha value is -2.54. The third-order valence-corrected chi connectivity index (χ3v) is 5.29. The van der Waals surface area contributed by atoms with Crippen LogP contribution in [-0.4, -0.2) is 42.4 Å². The van der Waals surface area contributed by atoms with Gasteiger partial charge in [-0.1, -0.05) is 28.1 Å². The molecule has 0 N–H and O–H groups in total. The number of alkyl halides is 1. The predicted octanol–water partition coefficient (Wildman–Crippen LogP) is 3.39. The molecule has 0 radical (unpaired) electrons. The van der Waals surface area contributed by atoms with Gasteiger partial charge in [0.1, 0.15) is 23.3 Å². The van der Waals surface area contributed by atoms with Gasteiger partial charge in [0.2, 0.25) is 0 Å². The first-order valence-corrected chi connectivity index (χ1v) is 9.65. The average Bonchev–Trinajstić information content (AvgIpc) is 3.06. The number of ether oxygens (including phenoxy) is 1. The molecule has 138 valence electrons. The minimum atomic E-state index is -0.443. The van der Waals surface area contributed by atoms with Crippen molar-refractivity contribution in [3.05, 3.63) is 59.4 Å². The second-order valence-corrected chi connectivity index (χ2v) is 6.85. The molecule has 0 saturated carbocycles. The molecule has 0 bridgehead atoms. The lowest BCUT2D eigenvalue weighted by Crippen LogP contribution is -2.45. The van der Waals surface area contributed by atoms with Crippen molar-refractivity contribution < 1.29 is 13.9 Å². The van der Waals surface area contributed by atoms with Gasteiger partial charge >= 0.3 is 0 Å². The summed E-state index contributed by atoms with van der Waals surface area (Å²) >= 11 is 3.26. The molecule has 2 aliphatic rings. The minimum absolute atomic E-state index is 0.0188. The first-order chi connectivity index (χ1) is 13.1. The van der Waals surface area contributed by atoms with Crippen molar-refractivity contribution in [1.82, 2.24) is 0 Å². The smallest absolute Gasteiger partial charge is 0.168 e. The van der Waals surface area contributed by atoms with Crippen molar-refractivity contribution in [1.29, 1.82) is 0 Å². The lowest BCUT2D eigenvalue weighted by molar-refractivity contribution is -0.117. The average molecular weight is 430 g/mol. The standard InChI is InChI=1S/C20H17BrFN3O2/c1-27-18-5-3-2-4-14(18)19-20-24-11-16(17(26)9-21)25(20)15-7-6-13(22)8-12(15)10-23-19/h2-8,16H,9-11H2,1H3. The van der Waals surface area contributed by atoms with Crippen molar-refractivity contribution in [2.75, 3.05) is 23.9 Å². The number of methoxy groups -OCH3 is 1. The zero-order chi connectivity index (χ0) is 19.0. The highest BCUT2D eigenvalue weighted by atomic mass is 79.9. The molecule has 0 fully saturated rings. The number of Topliss-reactive ketones (excluding diaryl/α,β-unsaturated/α-hetero) is 1. The zero-order valence-electron chi connectivity index (χ0n) is 14.7. The number of rotatable bonds is 4. The van der Waals surface area contributed by atoms with E-state index in [-0.39, 0.29) is 16.9 Å². The van der Waals surface area contributed by atoms with E-state index in [0.29, 0.717) is 30.4 Å². The number of aliphatic imine (C=N–C) groups is 2. The van der Waals surface area contributed by atoms with Crippen LogP contribution in [0.5, 0.6) is 5.75 Å². The molecular formula is C20H17BrFN3O2. The van der Waals surface area contributed by atoms with Crippen LogP contribution in [0.2, 0.25) is 0 Å². The Morgan fingerprint density at radius 3 is 2.89 bits per heavy atom. The van der Waals surface area contributed by atoms with E-state index in [2.05, 4.69) is 20.9 Å². The van der Waals surface area contributed by atoms with Crippen LogP contribution < -0.4 is 9.64 Å². The van der Waals surface area contributed by atoms with E-state index in [1.54, 1.807) is 13.2 Å². The van der Waals surface area contributed by atoms with Gasteiger partial charge < -0.3 is 9.64 Å². The maximum Gasteiger partial charge on any atom is 0.168 e. The Morgan fingerprint density at radius 1 is 1.30 bits per heavy atom. The Labute approximate surface area is 164 Å². The maximum absolute atomic E-state index is 13.8. The zero-order valence-corrected chi connectivity index (χ0v) is 16.2.